The molecule has 18 aromatic rings. The van der Waals surface area contributed by atoms with Crippen LogP contribution in [0.15, 0.2) is 297 Å². The van der Waals surface area contributed by atoms with Gasteiger partial charge in [-0.1, -0.05) is 218 Å². The van der Waals surface area contributed by atoms with Gasteiger partial charge in [-0.2, -0.15) is 0 Å². The summed E-state index contributed by atoms with van der Waals surface area (Å²) < 4.78 is 10.1. The third-order valence-electron chi connectivity index (χ3n) is 17.6. The number of fused-ring (bicyclic) bond motifs is 13. The van der Waals surface area contributed by atoms with E-state index in [0.29, 0.717) is 17.5 Å². The minimum Gasteiger partial charge on any atom is -0.309 e. The molecule has 0 amide bonds. The molecule has 88 heavy (non-hydrogen) atoms. The van der Waals surface area contributed by atoms with Gasteiger partial charge in [-0.25, -0.2) is 15.0 Å². The number of aromatic nitrogens is 5. The Morgan fingerprint density at radius 1 is 0.239 bits per heavy atom. The van der Waals surface area contributed by atoms with Gasteiger partial charge in [0.2, 0.25) is 0 Å². The fourth-order valence-corrected chi connectivity index (χ4v) is 15.8. The summed E-state index contributed by atoms with van der Waals surface area (Å²) in [6.07, 6.45) is 0. The molecular weight excluding hydrogens is 1110 g/mol. The van der Waals surface area contributed by atoms with Crippen LogP contribution in [0.2, 0.25) is 0 Å². The highest BCUT2D eigenvalue weighted by Crippen LogP contribution is 2.51. The van der Waals surface area contributed by atoms with Crippen LogP contribution in [0.1, 0.15) is 0 Å². The van der Waals surface area contributed by atoms with Gasteiger partial charge in [-0.05, 0) is 112 Å². The molecule has 5 nitrogen and oxygen atoms in total. The van der Waals surface area contributed by atoms with E-state index in [0.717, 1.165) is 94.5 Å². The van der Waals surface area contributed by atoms with E-state index in [2.05, 4.69) is 270 Å². The molecule has 7 heteroatoms. The van der Waals surface area contributed by atoms with Gasteiger partial charge in [0.1, 0.15) is 0 Å². The van der Waals surface area contributed by atoms with Crippen molar-refractivity contribution < 1.29 is 0 Å². The lowest BCUT2D eigenvalue weighted by molar-refractivity contribution is 1.07. The fraction of sp³-hybridized carbons (Fsp3) is 0. The molecule has 0 N–H and O–H groups in total. The maximum absolute atomic E-state index is 5.50. The van der Waals surface area contributed by atoms with E-state index in [1.807, 2.05) is 59.1 Å². The second-order valence-corrected chi connectivity index (χ2v) is 24.7. The standard InChI is InChI=1S/C81H49N5S2/c1-4-22-50(23-5-1)79-82-80(51-24-6-2-7-25-51)84-81(83-79)54-48-67(58-30-12-10-28-56(58)52-40-44-74-65(46-52)61-33-16-20-38-72(61)87-74)77(68(49-54)59-31-13-11-29-57(59)53-41-45-75-66(47-53)62-34-17-21-39-73(62)88-75)86-70-37-19-15-35-64(70)76-71(86)43-42-63-60-32-14-18-36-69(60)85(78(63)76)55-26-8-3-9-27-55/h1-49H. The molecule has 0 spiro atoms. The minimum atomic E-state index is 0.574. The molecule has 13 aromatic carbocycles. The molecular formula is C81H49N5S2. The van der Waals surface area contributed by atoms with Crippen LogP contribution in [-0.2, 0) is 0 Å². The van der Waals surface area contributed by atoms with Gasteiger partial charge in [-0.3, -0.25) is 0 Å². The minimum absolute atomic E-state index is 0.574. The van der Waals surface area contributed by atoms with Crippen LogP contribution in [0.4, 0.5) is 0 Å². The maximum Gasteiger partial charge on any atom is 0.164 e. The highest BCUT2D eigenvalue weighted by Gasteiger charge is 2.28. The molecule has 0 bridgehead atoms. The Morgan fingerprint density at radius 2 is 0.659 bits per heavy atom. The molecule has 0 aliphatic carbocycles. The number of benzene rings is 13. The Balaban J connectivity index is 1.01. The predicted octanol–water partition coefficient (Wildman–Crippen LogP) is 22.5. The maximum atomic E-state index is 5.50. The average Bonchev–Trinajstić information content (AvgIpc) is 1.61. The molecule has 0 aliphatic heterocycles. The largest absolute Gasteiger partial charge is 0.309 e. The van der Waals surface area contributed by atoms with Crippen molar-refractivity contribution in [3.63, 3.8) is 0 Å². The van der Waals surface area contributed by atoms with Gasteiger partial charge in [0, 0.05) is 95.4 Å². The lowest BCUT2D eigenvalue weighted by Gasteiger charge is -2.24. The van der Waals surface area contributed by atoms with E-state index in [4.69, 9.17) is 15.0 Å². The van der Waals surface area contributed by atoms with Crippen molar-refractivity contribution in [3.05, 3.63) is 297 Å². The lowest BCUT2D eigenvalue weighted by Crippen LogP contribution is -2.05. The molecule has 0 saturated heterocycles. The predicted molar refractivity (Wildman–Crippen MR) is 372 cm³/mol. The van der Waals surface area contributed by atoms with E-state index in [1.165, 1.54) is 62.0 Å². The second-order valence-electron chi connectivity index (χ2n) is 22.6. The first-order valence-electron chi connectivity index (χ1n) is 29.7. The zero-order chi connectivity index (χ0) is 57.8. The molecule has 0 aliphatic rings. The van der Waals surface area contributed by atoms with E-state index in [9.17, 15) is 0 Å². The first-order chi connectivity index (χ1) is 43.6. The molecule has 0 atom stereocenters. The number of rotatable bonds is 9. The van der Waals surface area contributed by atoms with Crippen LogP contribution in [-0.4, -0.2) is 24.1 Å². The van der Waals surface area contributed by atoms with Crippen LogP contribution < -0.4 is 0 Å². The van der Waals surface area contributed by atoms with Gasteiger partial charge >= 0.3 is 0 Å². The normalized spacial score (nSPS) is 11.9. The molecule has 5 heterocycles. The van der Waals surface area contributed by atoms with Crippen LogP contribution >= 0.6 is 22.7 Å². The van der Waals surface area contributed by atoms with Gasteiger partial charge in [0.05, 0.1) is 27.8 Å². The second kappa shape index (κ2) is 20.3. The first-order valence-corrected chi connectivity index (χ1v) is 31.4. The number of nitrogens with zero attached hydrogens (tertiary/aromatic N) is 5. The lowest BCUT2D eigenvalue weighted by atomic mass is 9.86. The van der Waals surface area contributed by atoms with Gasteiger partial charge in [0.15, 0.2) is 17.5 Å². The van der Waals surface area contributed by atoms with Crippen molar-refractivity contribution in [2.45, 2.75) is 0 Å². The van der Waals surface area contributed by atoms with E-state index >= 15 is 0 Å². The van der Waals surface area contributed by atoms with Crippen molar-refractivity contribution >= 4 is 107 Å². The molecule has 5 aromatic heterocycles. The SMILES string of the molecule is c1ccc(-c2nc(-c3ccccc3)nc(-c3cc(-c4ccccc4-c4ccc5sc6ccccc6c5c4)c(-n4c5ccccc5c5c4ccc4c6ccccc6n(-c6ccccc6)c45)c(-c4ccccc4-c4ccc5sc6ccccc6c5c4)c3)n2)cc1. The third-order valence-corrected chi connectivity index (χ3v) is 19.9. The van der Waals surface area contributed by atoms with Crippen molar-refractivity contribution in [1.29, 1.82) is 0 Å². The Morgan fingerprint density at radius 3 is 1.20 bits per heavy atom. The fourth-order valence-electron chi connectivity index (χ4n) is 13.7. The molecule has 0 fully saturated rings. The Hall–Kier alpha value is -11.1. The summed E-state index contributed by atoms with van der Waals surface area (Å²) in [5, 5.41) is 9.78. The molecule has 18 rings (SSSR count). The molecule has 410 valence electrons. The van der Waals surface area contributed by atoms with Crippen molar-refractivity contribution in [2.75, 3.05) is 0 Å². The number of hydrogen-bond donors (Lipinski definition) is 0. The summed E-state index contributed by atoms with van der Waals surface area (Å²) in [4.78, 5) is 16.2. The highest BCUT2D eigenvalue weighted by atomic mass is 32.1. The average molecular weight is 1160 g/mol. The van der Waals surface area contributed by atoms with Gasteiger partial charge < -0.3 is 9.13 Å². The number of para-hydroxylation sites is 3. The quantitative estimate of drug-likeness (QED) is 0.145. The summed E-state index contributed by atoms with van der Waals surface area (Å²) in [6, 6.07) is 108. The summed E-state index contributed by atoms with van der Waals surface area (Å²) in [6.45, 7) is 0. The summed E-state index contributed by atoms with van der Waals surface area (Å²) in [7, 11) is 0. The topological polar surface area (TPSA) is 48.5 Å². The van der Waals surface area contributed by atoms with Gasteiger partial charge in [0.25, 0.3) is 0 Å². The van der Waals surface area contributed by atoms with Crippen LogP contribution in [0.25, 0.3) is 174 Å². The van der Waals surface area contributed by atoms with Crippen molar-refractivity contribution in [1.82, 2.24) is 24.1 Å². The zero-order valence-corrected chi connectivity index (χ0v) is 49.0. The molecule has 0 radical (unpaired) electrons. The van der Waals surface area contributed by atoms with Crippen LogP contribution in [0.5, 0.6) is 0 Å². The molecule has 0 saturated carbocycles. The Bertz CT molecular complexity index is 5580. The smallest absolute Gasteiger partial charge is 0.164 e. The van der Waals surface area contributed by atoms with Crippen molar-refractivity contribution in [3.8, 4) is 90.0 Å². The van der Waals surface area contributed by atoms with Crippen LogP contribution in [0.3, 0.4) is 0 Å². The van der Waals surface area contributed by atoms with Crippen LogP contribution in [0, 0.1) is 0 Å². The van der Waals surface area contributed by atoms with E-state index in [1.54, 1.807) is 0 Å². The Kier molecular flexibility index (Phi) is 11.6. The Labute approximate surface area is 514 Å². The monoisotopic (exact) mass is 1160 g/mol. The zero-order valence-electron chi connectivity index (χ0n) is 47.3. The highest BCUT2D eigenvalue weighted by molar-refractivity contribution is 7.26. The molecule has 0 unspecified atom stereocenters. The van der Waals surface area contributed by atoms with E-state index < -0.39 is 0 Å². The van der Waals surface area contributed by atoms with Gasteiger partial charge in [-0.15, -0.1) is 22.7 Å². The third kappa shape index (κ3) is 8.02. The van der Waals surface area contributed by atoms with E-state index in [-0.39, 0.29) is 0 Å². The summed E-state index contributed by atoms with van der Waals surface area (Å²) in [5.41, 5.74) is 18.1. The number of hydrogen-bond acceptors (Lipinski definition) is 5. The van der Waals surface area contributed by atoms with Crippen molar-refractivity contribution in [2.24, 2.45) is 0 Å². The summed E-state index contributed by atoms with van der Waals surface area (Å²) >= 11 is 3.69. The number of thiophene rings is 2. The first kappa shape index (κ1) is 50.3. The summed E-state index contributed by atoms with van der Waals surface area (Å²) in [5.74, 6) is 1.78.